The van der Waals surface area contributed by atoms with Gasteiger partial charge >= 0.3 is 0 Å². The number of hydrogen-bond acceptors (Lipinski definition) is 5. The summed E-state index contributed by atoms with van der Waals surface area (Å²) < 4.78 is 5.64. The number of H-pyrrole nitrogens is 1. The van der Waals surface area contributed by atoms with Gasteiger partial charge in [-0.05, 0) is 37.3 Å². The van der Waals surface area contributed by atoms with Crippen LogP contribution in [-0.2, 0) is 0 Å². The molecule has 0 bridgehead atoms. The largest absolute Gasteiger partial charge is 0.507 e. The minimum atomic E-state index is -0.844. The summed E-state index contributed by atoms with van der Waals surface area (Å²) in [6, 6.07) is 15.8. The zero-order valence-electron chi connectivity index (χ0n) is 13.7. The van der Waals surface area contributed by atoms with Crippen LogP contribution in [0.4, 0.5) is 0 Å². The fraction of sp³-hybridized carbons (Fsp3) is 0.105. The highest BCUT2D eigenvalue weighted by Crippen LogP contribution is 2.28. The number of para-hydroxylation sites is 2. The molecular weight excluding hydrogens is 352 g/mol. The van der Waals surface area contributed by atoms with Gasteiger partial charge in [0, 0.05) is 0 Å². The monoisotopic (exact) mass is 364 g/mol. The molecule has 3 aromatic rings. The maximum Gasteiger partial charge on any atom is 0.154 e. The maximum atomic E-state index is 10.5. The van der Waals surface area contributed by atoms with Crippen LogP contribution in [0.15, 0.2) is 48.2 Å². The summed E-state index contributed by atoms with van der Waals surface area (Å²) >= 11 is 6.08. The third-order valence-corrected chi connectivity index (χ3v) is 4.04. The number of benzene rings is 2. The van der Waals surface area contributed by atoms with Crippen LogP contribution in [0.1, 0.15) is 18.3 Å². The number of allylic oxidation sites excluding steroid dienone is 1. The number of rotatable bonds is 4. The average Bonchev–Trinajstić information content (AvgIpc) is 3.07. The van der Waals surface area contributed by atoms with Gasteiger partial charge in [0.25, 0.3) is 0 Å². The van der Waals surface area contributed by atoms with E-state index in [1.807, 2.05) is 30.3 Å². The Morgan fingerprint density at radius 3 is 2.69 bits per heavy atom. The lowest BCUT2D eigenvalue weighted by Crippen LogP contribution is -2.17. The van der Waals surface area contributed by atoms with Crippen molar-refractivity contribution in [1.82, 2.24) is 9.97 Å². The summed E-state index contributed by atoms with van der Waals surface area (Å²) in [5.74, 6) is 0.283. The van der Waals surface area contributed by atoms with Gasteiger partial charge in [-0.3, -0.25) is 0 Å². The van der Waals surface area contributed by atoms with Crippen molar-refractivity contribution in [2.75, 3.05) is 0 Å². The van der Waals surface area contributed by atoms with Crippen LogP contribution < -0.4 is 4.74 Å². The Hall–Kier alpha value is -3.48. The van der Waals surface area contributed by atoms with Crippen molar-refractivity contribution < 1.29 is 9.84 Å². The summed E-state index contributed by atoms with van der Waals surface area (Å²) in [7, 11) is 0. The number of ether oxygens (including phenoxy) is 1. The SMILES string of the molecule is C[C@@H](Oc1ccc(C#N)cc1Cl)/C(O)=C(\C#N)c1nc2ccccc2[nH]1. The minimum absolute atomic E-state index is 0.0153. The van der Waals surface area contributed by atoms with Gasteiger partial charge in [0.15, 0.2) is 17.7 Å². The standard InChI is InChI=1S/C19H13ClN4O2/c1-11(26-17-7-6-12(9-21)8-14(17)20)18(25)13(10-22)19-23-15-4-2-3-5-16(15)24-19/h2-8,11,25H,1H3,(H,23,24)/b18-13-/t11-/m1/s1. The topological polar surface area (TPSA) is 106 Å². The first kappa shape index (κ1) is 17.3. The number of nitrogens with zero attached hydrogens (tertiary/aromatic N) is 3. The third kappa shape index (κ3) is 3.32. The zero-order valence-corrected chi connectivity index (χ0v) is 14.4. The molecule has 0 saturated carbocycles. The van der Waals surface area contributed by atoms with Crippen molar-refractivity contribution in [1.29, 1.82) is 10.5 Å². The summed E-state index contributed by atoms with van der Waals surface area (Å²) in [6.45, 7) is 1.59. The predicted octanol–water partition coefficient (Wildman–Crippen LogP) is 4.35. The lowest BCUT2D eigenvalue weighted by atomic mass is 10.1. The predicted molar refractivity (Wildman–Crippen MR) is 97.5 cm³/mol. The number of imidazole rings is 1. The van der Waals surface area contributed by atoms with E-state index >= 15 is 0 Å². The Morgan fingerprint density at radius 2 is 2.04 bits per heavy atom. The van der Waals surface area contributed by atoms with Crippen molar-refractivity contribution in [3.63, 3.8) is 0 Å². The Kier molecular flexibility index (Phi) is 4.79. The number of aromatic amines is 1. The number of hydrogen-bond donors (Lipinski definition) is 2. The lowest BCUT2D eigenvalue weighted by molar-refractivity contribution is 0.193. The number of fused-ring (bicyclic) bond motifs is 1. The van der Waals surface area contributed by atoms with Crippen LogP contribution in [0.3, 0.4) is 0 Å². The number of nitrogens with one attached hydrogen (secondary N) is 1. The van der Waals surface area contributed by atoms with Gasteiger partial charge in [-0.15, -0.1) is 0 Å². The van der Waals surface area contributed by atoms with Crippen LogP contribution in [0.5, 0.6) is 5.75 Å². The van der Waals surface area contributed by atoms with Crippen LogP contribution >= 0.6 is 11.6 Å². The molecule has 2 N–H and O–H groups in total. The third-order valence-electron chi connectivity index (χ3n) is 3.74. The molecule has 0 unspecified atom stereocenters. The lowest BCUT2D eigenvalue weighted by Gasteiger charge is -2.16. The number of aromatic nitrogens is 2. The van der Waals surface area contributed by atoms with Gasteiger partial charge in [0.2, 0.25) is 0 Å². The molecule has 0 amide bonds. The molecule has 3 rings (SSSR count). The van der Waals surface area contributed by atoms with Gasteiger partial charge in [0.05, 0.1) is 27.7 Å². The fourth-order valence-electron chi connectivity index (χ4n) is 2.42. The van der Waals surface area contributed by atoms with Gasteiger partial charge in [0.1, 0.15) is 17.4 Å². The first-order valence-electron chi connectivity index (χ1n) is 7.68. The molecule has 1 aromatic heterocycles. The van der Waals surface area contributed by atoms with Gasteiger partial charge in [-0.25, -0.2) is 4.98 Å². The van der Waals surface area contributed by atoms with E-state index in [4.69, 9.17) is 21.6 Å². The zero-order chi connectivity index (χ0) is 18.7. The number of halogens is 1. The molecule has 1 heterocycles. The van der Waals surface area contributed by atoms with Crippen molar-refractivity contribution >= 4 is 28.2 Å². The van der Waals surface area contributed by atoms with E-state index in [1.165, 1.54) is 12.1 Å². The second-order valence-electron chi connectivity index (χ2n) is 5.49. The van der Waals surface area contributed by atoms with E-state index in [1.54, 1.807) is 19.1 Å². The van der Waals surface area contributed by atoms with Crippen LogP contribution in [0, 0.1) is 22.7 Å². The molecule has 26 heavy (non-hydrogen) atoms. The van der Waals surface area contributed by atoms with Crippen molar-refractivity contribution in [3.8, 4) is 17.9 Å². The maximum absolute atomic E-state index is 10.5. The smallest absolute Gasteiger partial charge is 0.154 e. The van der Waals surface area contributed by atoms with Gasteiger partial charge < -0.3 is 14.8 Å². The normalized spacial score (nSPS) is 12.8. The molecule has 128 valence electrons. The Labute approximate surface area is 154 Å². The van der Waals surface area contributed by atoms with Gasteiger partial charge in [-0.1, -0.05) is 23.7 Å². The molecule has 1 atom stereocenters. The second-order valence-corrected chi connectivity index (χ2v) is 5.90. The molecule has 0 aliphatic heterocycles. The van der Waals surface area contributed by atoms with Crippen LogP contribution in [0.2, 0.25) is 5.02 Å². The van der Waals surface area contributed by atoms with Gasteiger partial charge in [-0.2, -0.15) is 10.5 Å². The van der Waals surface area contributed by atoms with E-state index in [0.717, 1.165) is 5.52 Å². The van der Waals surface area contributed by atoms with E-state index in [9.17, 15) is 10.4 Å². The second kappa shape index (κ2) is 7.18. The van der Waals surface area contributed by atoms with E-state index < -0.39 is 6.10 Å². The number of nitriles is 2. The van der Waals surface area contributed by atoms with Crippen LogP contribution in [0.25, 0.3) is 16.6 Å². The Morgan fingerprint density at radius 1 is 1.27 bits per heavy atom. The summed E-state index contributed by atoms with van der Waals surface area (Å²) in [6.07, 6.45) is -0.844. The highest BCUT2D eigenvalue weighted by molar-refractivity contribution is 6.32. The van der Waals surface area contributed by atoms with E-state index in [2.05, 4.69) is 9.97 Å². The fourth-order valence-corrected chi connectivity index (χ4v) is 2.64. The Bertz CT molecular complexity index is 1060. The molecule has 2 aromatic carbocycles. The van der Waals surface area contributed by atoms with E-state index in [0.29, 0.717) is 16.8 Å². The summed E-state index contributed by atoms with van der Waals surface area (Å²) in [5, 5.41) is 29.1. The highest BCUT2D eigenvalue weighted by Gasteiger charge is 2.20. The summed E-state index contributed by atoms with van der Waals surface area (Å²) in [5.41, 5.74) is 1.83. The molecular formula is C19H13ClN4O2. The summed E-state index contributed by atoms with van der Waals surface area (Å²) in [4.78, 5) is 7.32. The quantitative estimate of drug-likeness (QED) is 0.528. The molecule has 0 saturated heterocycles. The molecule has 0 aliphatic carbocycles. The number of aliphatic hydroxyl groups excluding tert-OH is 1. The molecule has 0 aliphatic rings. The first-order valence-corrected chi connectivity index (χ1v) is 8.06. The molecule has 0 fully saturated rings. The van der Waals surface area contributed by atoms with Crippen molar-refractivity contribution in [2.45, 2.75) is 13.0 Å². The minimum Gasteiger partial charge on any atom is -0.507 e. The first-order chi connectivity index (χ1) is 12.5. The average molecular weight is 365 g/mol. The van der Waals surface area contributed by atoms with Crippen molar-refractivity contribution in [2.24, 2.45) is 0 Å². The molecule has 0 radical (unpaired) electrons. The van der Waals surface area contributed by atoms with E-state index in [-0.39, 0.29) is 22.2 Å². The Balaban J connectivity index is 1.92. The van der Waals surface area contributed by atoms with Crippen molar-refractivity contribution in [3.05, 3.63) is 64.6 Å². The number of aliphatic hydroxyl groups is 1. The molecule has 0 spiro atoms. The highest BCUT2D eigenvalue weighted by atomic mass is 35.5. The van der Waals surface area contributed by atoms with Crippen LogP contribution in [-0.4, -0.2) is 21.2 Å². The molecule has 7 heteroatoms. The molecule has 6 nitrogen and oxygen atoms in total.